The average Bonchev–Trinajstić information content (AvgIpc) is 3.33. The number of rotatable bonds is 6. The highest BCUT2D eigenvalue weighted by Crippen LogP contribution is 2.24. The van der Waals surface area contributed by atoms with Gasteiger partial charge in [-0.3, -0.25) is 9.36 Å². The van der Waals surface area contributed by atoms with Crippen molar-refractivity contribution in [3.05, 3.63) is 77.9 Å². The van der Waals surface area contributed by atoms with E-state index in [1.807, 2.05) is 84.6 Å². The fourth-order valence-electron chi connectivity index (χ4n) is 3.16. The van der Waals surface area contributed by atoms with Crippen LogP contribution in [0.1, 0.15) is 17.0 Å². The van der Waals surface area contributed by atoms with Crippen LogP contribution in [0.2, 0.25) is 0 Å². The SMILES string of the molecule is Cc1ccc(-n2cnnc2SCC(=O)Nc2c(C)nn(-c3ccccc3)c2C)cc1. The summed E-state index contributed by atoms with van der Waals surface area (Å²) in [6.07, 6.45) is 1.66. The van der Waals surface area contributed by atoms with E-state index in [2.05, 4.69) is 20.6 Å². The molecule has 1 N–H and O–H groups in total. The summed E-state index contributed by atoms with van der Waals surface area (Å²) < 4.78 is 3.72. The van der Waals surface area contributed by atoms with E-state index < -0.39 is 0 Å². The Kier molecular flexibility index (Phi) is 5.67. The summed E-state index contributed by atoms with van der Waals surface area (Å²) in [6.45, 7) is 5.88. The van der Waals surface area contributed by atoms with Crippen LogP contribution in [0.3, 0.4) is 0 Å². The van der Waals surface area contributed by atoms with Crippen molar-refractivity contribution in [2.75, 3.05) is 11.1 Å². The third kappa shape index (κ3) is 4.13. The minimum absolute atomic E-state index is 0.114. The number of amides is 1. The lowest BCUT2D eigenvalue weighted by molar-refractivity contribution is -0.113. The second-order valence-electron chi connectivity index (χ2n) is 6.95. The maximum atomic E-state index is 12.6. The van der Waals surface area contributed by atoms with Crippen LogP contribution < -0.4 is 5.32 Å². The number of thioether (sulfide) groups is 1. The molecule has 1 amide bonds. The van der Waals surface area contributed by atoms with Crippen LogP contribution in [0.25, 0.3) is 11.4 Å². The maximum absolute atomic E-state index is 12.6. The monoisotopic (exact) mass is 418 g/mol. The predicted molar refractivity (Wildman–Crippen MR) is 118 cm³/mol. The van der Waals surface area contributed by atoms with E-state index in [9.17, 15) is 4.79 Å². The third-order valence-corrected chi connectivity index (χ3v) is 5.66. The number of aryl methyl sites for hydroxylation is 2. The third-order valence-electron chi connectivity index (χ3n) is 4.72. The first-order chi connectivity index (χ1) is 14.5. The number of nitrogens with zero attached hydrogens (tertiary/aromatic N) is 5. The zero-order valence-corrected chi connectivity index (χ0v) is 17.8. The van der Waals surface area contributed by atoms with Crippen LogP contribution >= 0.6 is 11.8 Å². The van der Waals surface area contributed by atoms with Gasteiger partial charge >= 0.3 is 0 Å². The van der Waals surface area contributed by atoms with Gasteiger partial charge in [-0.15, -0.1) is 10.2 Å². The molecule has 2 heterocycles. The second-order valence-corrected chi connectivity index (χ2v) is 7.89. The summed E-state index contributed by atoms with van der Waals surface area (Å²) in [5.74, 6) is 0.109. The molecule has 152 valence electrons. The Labute approximate surface area is 179 Å². The van der Waals surface area contributed by atoms with Crippen molar-refractivity contribution in [1.82, 2.24) is 24.5 Å². The van der Waals surface area contributed by atoms with E-state index in [0.717, 1.165) is 28.5 Å². The molecule has 0 aliphatic heterocycles. The fraction of sp³-hybridized carbons (Fsp3) is 0.182. The van der Waals surface area contributed by atoms with E-state index in [4.69, 9.17) is 0 Å². The minimum atomic E-state index is -0.114. The van der Waals surface area contributed by atoms with Crippen LogP contribution in [0.5, 0.6) is 0 Å². The normalized spacial score (nSPS) is 10.9. The first-order valence-corrected chi connectivity index (χ1v) is 10.5. The Morgan fingerprint density at radius 1 is 1.00 bits per heavy atom. The lowest BCUT2D eigenvalue weighted by atomic mass is 10.2. The maximum Gasteiger partial charge on any atom is 0.234 e. The lowest BCUT2D eigenvalue weighted by Gasteiger charge is -2.08. The molecule has 0 fully saturated rings. The highest BCUT2D eigenvalue weighted by molar-refractivity contribution is 7.99. The molecule has 0 spiro atoms. The van der Waals surface area contributed by atoms with Crippen LogP contribution in [0.15, 0.2) is 66.1 Å². The highest BCUT2D eigenvalue weighted by atomic mass is 32.2. The molecule has 7 nitrogen and oxygen atoms in total. The molecule has 2 aromatic carbocycles. The van der Waals surface area contributed by atoms with E-state index >= 15 is 0 Å². The molecular weight excluding hydrogens is 396 g/mol. The van der Waals surface area contributed by atoms with Gasteiger partial charge in [-0.05, 0) is 45.0 Å². The zero-order valence-electron chi connectivity index (χ0n) is 17.0. The predicted octanol–water partition coefficient (Wildman–Crippen LogP) is 4.11. The van der Waals surface area contributed by atoms with Crippen molar-refractivity contribution in [1.29, 1.82) is 0 Å². The van der Waals surface area contributed by atoms with E-state index in [0.29, 0.717) is 5.16 Å². The van der Waals surface area contributed by atoms with Crippen molar-refractivity contribution in [3.8, 4) is 11.4 Å². The van der Waals surface area contributed by atoms with Gasteiger partial charge in [0.1, 0.15) is 6.33 Å². The van der Waals surface area contributed by atoms with Gasteiger partial charge < -0.3 is 5.32 Å². The standard InChI is InChI=1S/C22H22N6OS/c1-15-9-11-18(12-10-15)27-14-23-25-22(27)30-13-20(29)24-21-16(2)26-28(17(21)3)19-7-5-4-6-8-19/h4-12,14H,13H2,1-3H3,(H,24,29). The largest absolute Gasteiger partial charge is 0.322 e. The van der Waals surface area contributed by atoms with Gasteiger partial charge in [0.2, 0.25) is 5.91 Å². The lowest BCUT2D eigenvalue weighted by Crippen LogP contribution is -2.15. The van der Waals surface area contributed by atoms with Crippen LogP contribution in [-0.4, -0.2) is 36.2 Å². The topological polar surface area (TPSA) is 77.6 Å². The fourth-order valence-corrected chi connectivity index (χ4v) is 3.88. The van der Waals surface area contributed by atoms with Crippen molar-refractivity contribution in [2.45, 2.75) is 25.9 Å². The van der Waals surface area contributed by atoms with Crippen LogP contribution in [0, 0.1) is 20.8 Å². The number of para-hydroxylation sites is 1. The minimum Gasteiger partial charge on any atom is -0.322 e. The smallest absolute Gasteiger partial charge is 0.234 e. The van der Waals surface area contributed by atoms with Gasteiger partial charge in [0.15, 0.2) is 5.16 Å². The molecule has 8 heteroatoms. The van der Waals surface area contributed by atoms with Gasteiger partial charge in [-0.2, -0.15) is 5.10 Å². The van der Waals surface area contributed by atoms with Gasteiger partial charge in [0.25, 0.3) is 0 Å². The Bertz CT molecular complexity index is 1160. The molecule has 30 heavy (non-hydrogen) atoms. The van der Waals surface area contributed by atoms with Crippen molar-refractivity contribution >= 4 is 23.4 Å². The molecule has 0 saturated heterocycles. The Balaban J connectivity index is 1.45. The first kappa shape index (κ1) is 19.9. The number of carbonyl (C=O) groups excluding carboxylic acids is 1. The summed E-state index contributed by atoms with van der Waals surface area (Å²) in [7, 11) is 0. The average molecular weight is 419 g/mol. The number of carbonyl (C=O) groups is 1. The molecule has 0 radical (unpaired) electrons. The molecule has 0 unspecified atom stereocenters. The molecular formula is C22H22N6OS. The second kappa shape index (κ2) is 8.54. The molecule has 0 atom stereocenters. The van der Waals surface area contributed by atoms with Crippen molar-refractivity contribution in [3.63, 3.8) is 0 Å². The Morgan fingerprint density at radius 2 is 1.73 bits per heavy atom. The highest BCUT2D eigenvalue weighted by Gasteiger charge is 2.16. The number of hydrogen-bond acceptors (Lipinski definition) is 5. The summed E-state index contributed by atoms with van der Waals surface area (Å²) in [4.78, 5) is 12.6. The number of hydrogen-bond donors (Lipinski definition) is 1. The number of benzene rings is 2. The number of anilines is 1. The molecule has 2 aromatic heterocycles. The number of nitrogens with one attached hydrogen (secondary N) is 1. The van der Waals surface area contributed by atoms with Gasteiger partial charge in [-0.1, -0.05) is 47.7 Å². The van der Waals surface area contributed by atoms with Gasteiger partial charge in [0.05, 0.1) is 28.5 Å². The van der Waals surface area contributed by atoms with Crippen molar-refractivity contribution in [2.24, 2.45) is 0 Å². The van der Waals surface area contributed by atoms with E-state index in [1.165, 1.54) is 17.3 Å². The zero-order chi connectivity index (χ0) is 21.1. The summed E-state index contributed by atoms with van der Waals surface area (Å²) in [5, 5.41) is 16.4. The Morgan fingerprint density at radius 3 is 2.47 bits per heavy atom. The van der Waals surface area contributed by atoms with E-state index in [1.54, 1.807) is 6.33 Å². The number of aromatic nitrogens is 5. The first-order valence-electron chi connectivity index (χ1n) is 9.54. The van der Waals surface area contributed by atoms with Gasteiger partial charge in [-0.25, -0.2) is 4.68 Å². The molecule has 4 rings (SSSR count). The molecule has 0 aliphatic rings. The molecule has 4 aromatic rings. The quantitative estimate of drug-likeness (QED) is 0.477. The van der Waals surface area contributed by atoms with Crippen LogP contribution in [0.4, 0.5) is 5.69 Å². The van der Waals surface area contributed by atoms with Crippen LogP contribution in [-0.2, 0) is 4.79 Å². The van der Waals surface area contributed by atoms with Crippen molar-refractivity contribution < 1.29 is 4.79 Å². The summed E-state index contributed by atoms with van der Waals surface area (Å²) >= 11 is 1.35. The summed E-state index contributed by atoms with van der Waals surface area (Å²) in [5.41, 5.74) is 5.51. The van der Waals surface area contributed by atoms with E-state index in [-0.39, 0.29) is 11.7 Å². The molecule has 0 bridgehead atoms. The Hall–Kier alpha value is -3.39. The molecule has 0 aliphatic carbocycles. The summed E-state index contributed by atoms with van der Waals surface area (Å²) in [6, 6.07) is 17.9. The van der Waals surface area contributed by atoms with Gasteiger partial charge in [0, 0.05) is 5.69 Å². The molecule has 0 saturated carbocycles.